The molecule has 0 radical (unpaired) electrons. The van der Waals surface area contributed by atoms with Gasteiger partial charge in [0.25, 0.3) is 5.91 Å². The largest absolute Gasteiger partial charge is 0.419 e. The van der Waals surface area contributed by atoms with Crippen molar-refractivity contribution in [2.24, 2.45) is 0 Å². The van der Waals surface area contributed by atoms with E-state index in [0.29, 0.717) is 23.4 Å². The van der Waals surface area contributed by atoms with Crippen molar-refractivity contribution in [2.75, 3.05) is 25.2 Å². The highest BCUT2D eigenvalue weighted by Crippen LogP contribution is 2.34. The Kier molecular flexibility index (Phi) is 6.94. The Balaban J connectivity index is 1.58. The van der Waals surface area contributed by atoms with Crippen LogP contribution in [0.2, 0.25) is 0 Å². The van der Waals surface area contributed by atoms with Crippen LogP contribution in [0.25, 0.3) is 0 Å². The molecule has 0 saturated carbocycles. The highest BCUT2D eigenvalue weighted by Gasteiger charge is 2.38. The van der Waals surface area contributed by atoms with Crippen molar-refractivity contribution in [3.63, 3.8) is 0 Å². The summed E-state index contributed by atoms with van der Waals surface area (Å²) in [6, 6.07) is 0.992. The zero-order valence-electron chi connectivity index (χ0n) is 20.0. The summed E-state index contributed by atoms with van der Waals surface area (Å²) in [5.74, 6) is -2.02. The quantitative estimate of drug-likeness (QED) is 0.563. The second kappa shape index (κ2) is 9.57. The van der Waals surface area contributed by atoms with Crippen LogP contribution in [0.4, 0.5) is 28.0 Å². The monoisotopic (exact) mass is 548 g/mol. The lowest BCUT2D eigenvalue weighted by Gasteiger charge is -2.33. The van der Waals surface area contributed by atoms with Crippen LogP contribution >= 0.6 is 0 Å². The maximum absolute atomic E-state index is 13.6. The van der Waals surface area contributed by atoms with Gasteiger partial charge in [0.05, 0.1) is 30.6 Å². The molecule has 2 aliphatic rings. The number of carbonyl (C=O) groups excluding carboxylic acids is 2. The molecule has 1 aromatic carbocycles. The van der Waals surface area contributed by atoms with Gasteiger partial charge in [-0.15, -0.1) is 0 Å². The number of anilines is 1. The van der Waals surface area contributed by atoms with Gasteiger partial charge in [0.2, 0.25) is 10.0 Å². The van der Waals surface area contributed by atoms with Crippen molar-refractivity contribution in [1.29, 1.82) is 0 Å². The van der Waals surface area contributed by atoms with Crippen LogP contribution in [0.5, 0.6) is 0 Å². The number of nitrogens with one attached hydrogen (secondary N) is 2. The summed E-state index contributed by atoms with van der Waals surface area (Å²) in [5.41, 5.74) is -0.581. The second-order valence-corrected chi connectivity index (χ2v) is 10.7. The van der Waals surface area contributed by atoms with Gasteiger partial charge in [-0.1, -0.05) is 0 Å². The molecule has 0 fully saturated rings. The Bertz CT molecular complexity index is 1350. The molecule has 202 valence electrons. The summed E-state index contributed by atoms with van der Waals surface area (Å²) >= 11 is 0. The number of fused-ring (bicyclic) bond motifs is 3. The lowest BCUT2D eigenvalue weighted by molar-refractivity contribution is -0.145. The van der Waals surface area contributed by atoms with Crippen molar-refractivity contribution < 1.29 is 40.4 Å². The molecule has 37 heavy (non-hydrogen) atoms. The van der Waals surface area contributed by atoms with Crippen LogP contribution in [-0.2, 0) is 40.5 Å². The van der Waals surface area contributed by atoms with Crippen LogP contribution in [-0.4, -0.2) is 72.1 Å². The van der Waals surface area contributed by atoms with Crippen molar-refractivity contribution in [2.45, 2.75) is 44.8 Å². The highest BCUT2D eigenvalue weighted by atomic mass is 32.2. The lowest BCUT2D eigenvalue weighted by atomic mass is 9.99. The lowest BCUT2D eigenvalue weighted by Crippen LogP contribution is -2.45. The fourth-order valence-electron chi connectivity index (χ4n) is 4.25. The molecule has 3 amide bonds. The number of alkyl halides is 3. The minimum absolute atomic E-state index is 0.0529. The smallest absolute Gasteiger partial charge is 0.317 e. The van der Waals surface area contributed by atoms with Crippen molar-refractivity contribution in [1.82, 2.24) is 24.5 Å². The molecule has 16 heteroatoms. The van der Waals surface area contributed by atoms with Gasteiger partial charge in [-0.3, -0.25) is 14.3 Å². The van der Waals surface area contributed by atoms with Crippen LogP contribution in [0, 0.1) is 5.82 Å². The van der Waals surface area contributed by atoms with Gasteiger partial charge in [0.15, 0.2) is 0 Å². The third kappa shape index (κ3) is 5.70. The van der Waals surface area contributed by atoms with E-state index in [1.807, 2.05) is 0 Å². The molecule has 2 aromatic rings. The summed E-state index contributed by atoms with van der Waals surface area (Å²) in [6.45, 7) is 1.59. The van der Waals surface area contributed by atoms with E-state index in [2.05, 4.69) is 15.1 Å². The number of rotatable bonds is 4. The van der Waals surface area contributed by atoms with Gasteiger partial charge in [0.1, 0.15) is 17.6 Å². The minimum atomic E-state index is -4.93. The summed E-state index contributed by atoms with van der Waals surface area (Å²) in [4.78, 5) is 33.0. The molecule has 2 N–H and O–H groups in total. The van der Waals surface area contributed by atoms with Gasteiger partial charge >= 0.3 is 12.2 Å². The molecule has 0 unspecified atom stereocenters. The van der Waals surface area contributed by atoms with Gasteiger partial charge < -0.3 is 10.2 Å². The van der Waals surface area contributed by atoms with E-state index in [-0.39, 0.29) is 37.4 Å². The first kappa shape index (κ1) is 26.8. The number of urea groups is 1. The van der Waals surface area contributed by atoms with Crippen LogP contribution in [0.15, 0.2) is 18.2 Å². The number of amides is 3. The minimum Gasteiger partial charge on any atom is -0.317 e. The SMILES string of the molecule is C[C@@H]1Cc2nn3c(c2CN1C(=O)Nc1ccc(F)c(C(F)(F)F)c1)C(=O)N(C)O[C@H](CNS(C)(=O)=O)C3. The second-order valence-electron chi connectivity index (χ2n) is 8.91. The van der Waals surface area contributed by atoms with Gasteiger partial charge in [0, 0.05) is 37.3 Å². The molecular weight excluding hydrogens is 524 g/mol. The Hall–Kier alpha value is -3.24. The predicted octanol–water partition coefficient (Wildman–Crippen LogP) is 1.95. The Morgan fingerprint density at radius 3 is 2.65 bits per heavy atom. The van der Waals surface area contributed by atoms with Crippen LogP contribution in [0.3, 0.4) is 0 Å². The van der Waals surface area contributed by atoms with E-state index >= 15 is 0 Å². The number of carbonyl (C=O) groups is 2. The van der Waals surface area contributed by atoms with Crippen molar-refractivity contribution in [3.05, 3.63) is 46.5 Å². The van der Waals surface area contributed by atoms with E-state index in [9.17, 15) is 35.6 Å². The van der Waals surface area contributed by atoms with E-state index in [4.69, 9.17) is 4.84 Å². The van der Waals surface area contributed by atoms with Crippen molar-refractivity contribution in [3.8, 4) is 0 Å². The van der Waals surface area contributed by atoms with E-state index in [1.54, 1.807) is 6.92 Å². The Morgan fingerprint density at radius 2 is 2.00 bits per heavy atom. The first-order chi connectivity index (χ1) is 17.1. The van der Waals surface area contributed by atoms with E-state index < -0.39 is 51.7 Å². The molecule has 3 heterocycles. The number of hydrogen-bond acceptors (Lipinski definition) is 6. The van der Waals surface area contributed by atoms with Crippen LogP contribution in [0.1, 0.15) is 34.2 Å². The topological polar surface area (TPSA) is 126 Å². The predicted molar refractivity (Wildman–Crippen MR) is 121 cm³/mol. The zero-order chi connectivity index (χ0) is 27.3. The number of hydrogen-bond donors (Lipinski definition) is 2. The van der Waals surface area contributed by atoms with Gasteiger partial charge in [-0.25, -0.2) is 27.4 Å². The first-order valence-electron chi connectivity index (χ1n) is 11.1. The Morgan fingerprint density at radius 1 is 1.30 bits per heavy atom. The van der Waals surface area contributed by atoms with Gasteiger partial charge in [-0.2, -0.15) is 18.3 Å². The average molecular weight is 549 g/mol. The third-order valence-corrected chi connectivity index (χ3v) is 6.70. The maximum Gasteiger partial charge on any atom is 0.419 e. The van der Waals surface area contributed by atoms with E-state index in [0.717, 1.165) is 17.4 Å². The molecule has 2 aliphatic heterocycles. The molecular formula is C21H24F4N6O5S. The first-order valence-corrected chi connectivity index (χ1v) is 13.0. The molecule has 1 aromatic heterocycles. The molecule has 0 saturated heterocycles. The number of aromatic nitrogens is 2. The maximum atomic E-state index is 13.6. The number of hydroxylamine groups is 2. The molecule has 2 atom stereocenters. The summed E-state index contributed by atoms with van der Waals surface area (Å²) in [7, 11) is -2.14. The standard InChI is InChI=1S/C21H24F4N6O5S/c1-11-6-17-14(10-30(11)20(33)27-12-4-5-16(22)15(7-12)21(23,24)25)18-19(32)29(2)36-13(9-31(18)28-17)8-26-37(3,34)35/h4-5,7,11,13,26H,6,8-10H2,1-3H3,(H,27,33)/t11-,13-/m1/s1. The normalized spacial score (nSPS) is 20.4. The van der Waals surface area contributed by atoms with Crippen LogP contribution < -0.4 is 10.0 Å². The zero-order valence-corrected chi connectivity index (χ0v) is 20.8. The summed E-state index contributed by atoms with van der Waals surface area (Å²) in [6.07, 6.45) is -4.43. The molecule has 4 rings (SSSR count). The fourth-order valence-corrected chi connectivity index (χ4v) is 4.74. The fraction of sp³-hybridized carbons (Fsp3) is 0.476. The molecule has 0 aliphatic carbocycles. The summed E-state index contributed by atoms with van der Waals surface area (Å²) in [5, 5.41) is 7.82. The van der Waals surface area contributed by atoms with Gasteiger partial charge in [-0.05, 0) is 25.1 Å². The number of nitrogens with zero attached hydrogens (tertiary/aromatic N) is 4. The molecule has 0 spiro atoms. The number of sulfonamides is 1. The molecule has 11 nitrogen and oxygen atoms in total. The number of halogens is 4. The third-order valence-electron chi connectivity index (χ3n) is 6.01. The highest BCUT2D eigenvalue weighted by molar-refractivity contribution is 7.88. The van der Waals surface area contributed by atoms with Crippen molar-refractivity contribution >= 4 is 27.6 Å². The molecule has 0 bridgehead atoms. The average Bonchev–Trinajstić information content (AvgIpc) is 3.06. The summed E-state index contributed by atoms with van der Waals surface area (Å²) < 4.78 is 79.5. The van der Waals surface area contributed by atoms with E-state index in [1.165, 1.54) is 16.6 Å². The number of benzene rings is 1. The Labute approximate surface area is 209 Å².